The lowest BCUT2D eigenvalue weighted by Gasteiger charge is -2.23. The third kappa shape index (κ3) is 3.30. The lowest BCUT2D eigenvalue weighted by atomic mass is 9.90. The first-order valence-electron chi connectivity index (χ1n) is 7.48. The van der Waals surface area contributed by atoms with E-state index in [0.717, 1.165) is 11.7 Å². The fraction of sp³-hybridized carbons (Fsp3) is 0.647. The van der Waals surface area contributed by atoms with E-state index < -0.39 is 0 Å². The van der Waals surface area contributed by atoms with E-state index >= 15 is 0 Å². The van der Waals surface area contributed by atoms with Gasteiger partial charge < -0.3 is 10.1 Å². The van der Waals surface area contributed by atoms with E-state index in [1.54, 1.807) is 7.11 Å². The molecule has 1 N–H and O–H groups in total. The number of ether oxygens (including phenoxy) is 1. The standard InChI is InChI=1S/C17H27NO/c1-12-10-17(19-4)13(2)9-15(12)16(18-3)11-14-7-5-6-8-14/h9-10,14,16,18H,5-8,11H2,1-4H3. The van der Waals surface area contributed by atoms with Crippen molar-refractivity contribution in [3.8, 4) is 5.75 Å². The zero-order valence-electron chi connectivity index (χ0n) is 12.8. The van der Waals surface area contributed by atoms with Crippen LogP contribution in [-0.4, -0.2) is 14.2 Å². The van der Waals surface area contributed by atoms with E-state index in [-0.39, 0.29) is 0 Å². The monoisotopic (exact) mass is 261 g/mol. The Morgan fingerprint density at radius 3 is 2.47 bits per heavy atom. The van der Waals surface area contributed by atoms with Crippen molar-refractivity contribution >= 4 is 0 Å². The Morgan fingerprint density at radius 1 is 1.21 bits per heavy atom. The minimum atomic E-state index is 0.479. The van der Waals surface area contributed by atoms with Crippen LogP contribution in [0.2, 0.25) is 0 Å². The van der Waals surface area contributed by atoms with Crippen molar-refractivity contribution in [3.63, 3.8) is 0 Å². The zero-order chi connectivity index (χ0) is 13.8. The van der Waals surface area contributed by atoms with Gasteiger partial charge in [-0.2, -0.15) is 0 Å². The summed E-state index contributed by atoms with van der Waals surface area (Å²) in [5.41, 5.74) is 4.00. The number of nitrogens with one attached hydrogen (secondary N) is 1. The maximum atomic E-state index is 5.41. The average Bonchev–Trinajstić information content (AvgIpc) is 2.91. The van der Waals surface area contributed by atoms with Crippen molar-refractivity contribution in [1.29, 1.82) is 0 Å². The van der Waals surface area contributed by atoms with Gasteiger partial charge in [-0.1, -0.05) is 31.7 Å². The Morgan fingerprint density at radius 2 is 1.89 bits per heavy atom. The van der Waals surface area contributed by atoms with Crippen LogP contribution in [0.1, 0.15) is 54.8 Å². The summed E-state index contributed by atoms with van der Waals surface area (Å²) in [4.78, 5) is 0. The molecular formula is C17H27NO. The molecule has 1 aliphatic carbocycles. The van der Waals surface area contributed by atoms with Gasteiger partial charge in [0.25, 0.3) is 0 Å². The van der Waals surface area contributed by atoms with Crippen LogP contribution in [0, 0.1) is 19.8 Å². The summed E-state index contributed by atoms with van der Waals surface area (Å²) < 4.78 is 5.41. The molecule has 2 heteroatoms. The summed E-state index contributed by atoms with van der Waals surface area (Å²) in [6.07, 6.45) is 6.92. The Labute approximate surface area is 117 Å². The van der Waals surface area contributed by atoms with Gasteiger partial charge in [0.15, 0.2) is 0 Å². The van der Waals surface area contributed by atoms with Gasteiger partial charge in [-0.25, -0.2) is 0 Å². The quantitative estimate of drug-likeness (QED) is 0.859. The van der Waals surface area contributed by atoms with Crippen molar-refractivity contribution < 1.29 is 4.74 Å². The predicted molar refractivity (Wildman–Crippen MR) is 80.8 cm³/mol. The van der Waals surface area contributed by atoms with Crippen molar-refractivity contribution in [2.24, 2.45) is 5.92 Å². The summed E-state index contributed by atoms with van der Waals surface area (Å²) in [7, 11) is 3.83. The molecule has 0 bridgehead atoms. The van der Waals surface area contributed by atoms with Crippen LogP contribution in [0.25, 0.3) is 0 Å². The van der Waals surface area contributed by atoms with Crippen molar-refractivity contribution in [2.45, 2.75) is 52.0 Å². The first-order valence-corrected chi connectivity index (χ1v) is 7.48. The van der Waals surface area contributed by atoms with E-state index in [0.29, 0.717) is 6.04 Å². The number of hydrogen-bond donors (Lipinski definition) is 1. The van der Waals surface area contributed by atoms with Crippen molar-refractivity contribution in [3.05, 3.63) is 28.8 Å². The maximum Gasteiger partial charge on any atom is 0.122 e. The molecule has 1 atom stereocenters. The summed E-state index contributed by atoms with van der Waals surface area (Å²) in [6.45, 7) is 4.32. The van der Waals surface area contributed by atoms with Crippen LogP contribution in [0.5, 0.6) is 5.75 Å². The molecule has 1 fully saturated rings. The molecule has 1 aliphatic rings. The van der Waals surface area contributed by atoms with E-state index in [2.05, 4.69) is 38.3 Å². The highest BCUT2D eigenvalue weighted by Gasteiger charge is 2.21. The fourth-order valence-corrected chi connectivity index (χ4v) is 3.39. The van der Waals surface area contributed by atoms with Crippen molar-refractivity contribution in [2.75, 3.05) is 14.2 Å². The summed E-state index contributed by atoms with van der Waals surface area (Å²) in [6, 6.07) is 4.95. The van der Waals surface area contributed by atoms with Gasteiger partial charge in [-0.15, -0.1) is 0 Å². The first kappa shape index (κ1) is 14.4. The van der Waals surface area contributed by atoms with Crippen LogP contribution >= 0.6 is 0 Å². The minimum Gasteiger partial charge on any atom is -0.496 e. The fourth-order valence-electron chi connectivity index (χ4n) is 3.39. The Balaban J connectivity index is 2.19. The number of aryl methyl sites for hydroxylation is 2. The largest absolute Gasteiger partial charge is 0.496 e. The molecule has 2 rings (SSSR count). The van der Waals surface area contributed by atoms with Gasteiger partial charge in [0.2, 0.25) is 0 Å². The highest BCUT2D eigenvalue weighted by molar-refractivity contribution is 5.42. The van der Waals surface area contributed by atoms with Crippen LogP contribution in [-0.2, 0) is 0 Å². The molecular weight excluding hydrogens is 234 g/mol. The average molecular weight is 261 g/mol. The van der Waals surface area contributed by atoms with Crippen LogP contribution in [0.15, 0.2) is 12.1 Å². The predicted octanol–water partition coefficient (Wildman–Crippen LogP) is 4.15. The van der Waals surface area contributed by atoms with Crippen molar-refractivity contribution in [1.82, 2.24) is 5.32 Å². The second-order valence-electron chi connectivity index (χ2n) is 5.91. The van der Waals surface area contributed by atoms with Crippen LogP contribution in [0.3, 0.4) is 0 Å². The summed E-state index contributed by atoms with van der Waals surface area (Å²) in [5.74, 6) is 1.90. The molecule has 0 heterocycles. The Bertz CT molecular complexity index is 422. The Hall–Kier alpha value is -1.02. The number of hydrogen-bond acceptors (Lipinski definition) is 2. The minimum absolute atomic E-state index is 0.479. The maximum absolute atomic E-state index is 5.41. The lowest BCUT2D eigenvalue weighted by molar-refractivity contribution is 0.404. The van der Waals surface area contributed by atoms with Gasteiger partial charge in [-0.05, 0) is 56.0 Å². The number of benzene rings is 1. The van der Waals surface area contributed by atoms with E-state index in [1.165, 1.54) is 48.8 Å². The molecule has 1 saturated carbocycles. The normalized spacial score (nSPS) is 17.7. The molecule has 0 amide bonds. The summed E-state index contributed by atoms with van der Waals surface area (Å²) >= 11 is 0. The molecule has 19 heavy (non-hydrogen) atoms. The molecule has 2 nitrogen and oxygen atoms in total. The zero-order valence-corrected chi connectivity index (χ0v) is 12.8. The highest BCUT2D eigenvalue weighted by Crippen LogP contribution is 2.35. The second kappa shape index (κ2) is 6.42. The molecule has 0 saturated heterocycles. The number of rotatable bonds is 5. The molecule has 0 aliphatic heterocycles. The van der Waals surface area contributed by atoms with Crippen LogP contribution in [0.4, 0.5) is 0 Å². The van der Waals surface area contributed by atoms with Crippen LogP contribution < -0.4 is 10.1 Å². The van der Waals surface area contributed by atoms with Gasteiger partial charge in [0, 0.05) is 6.04 Å². The highest BCUT2D eigenvalue weighted by atomic mass is 16.5. The molecule has 1 unspecified atom stereocenters. The molecule has 0 radical (unpaired) electrons. The van der Waals surface area contributed by atoms with E-state index in [4.69, 9.17) is 4.74 Å². The molecule has 0 spiro atoms. The Kier molecular flexibility index (Phi) is 4.87. The molecule has 1 aromatic carbocycles. The van der Waals surface area contributed by atoms with Gasteiger partial charge in [-0.3, -0.25) is 0 Å². The van der Waals surface area contributed by atoms with Gasteiger partial charge in [0.05, 0.1) is 7.11 Å². The SMILES string of the molecule is CNC(CC1CCCC1)c1cc(C)c(OC)cc1C. The molecule has 106 valence electrons. The lowest BCUT2D eigenvalue weighted by Crippen LogP contribution is -2.20. The third-order valence-electron chi connectivity index (χ3n) is 4.55. The second-order valence-corrected chi connectivity index (χ2v) is 5.91. The summed E-state index contributed by atoms with van der Waals surface area (Å²) in [5, 5.41) is 3.51. The first-order chi connectivity index (χ1) is 9.15. The number of methoxy groups -OCH3 is 1. The van der Waals surface area contributed by atoms with Gasteiger partial charge >= 0.3 is 0 Å². The molecule has 1 aromatic rings. The topological polar surface area (TPSA) is 21.3 Å². The van der Waals surface area contributed by atoms with E-state index in [1.807, 2.05) is 0 Å². The van der Waals surface area contributed by atoms with E-state index in [9.17, 15) is 0 Å². The van der Waals surface area contributed by atoms with Gasteiger partial charge in [0.1, 0.15) is 5.75 Å². The smallest absolute Gasteiger partial charge is 0.122 e. The third-order valence-corrected chi connectivity index (χ3v) is 4.55. The molecule has 0 aromatic heterocycles.